The van der Waals surface area contributed by atoms with Gasteiger partial charge in [-0.15, -0.1) is 5.10 Å². The second-order valence-corrected chi connectivity index (χ2v) is 6.93. The first kappa shape index (κ1) is 12.2. The zero-order chi connectivity index (χ0) is 13.0. The van der Waals surface area contributed by atoms with Crippen molar-refractivity contribution in [2.75, 3.05) is 0 Å². The molecule has 0 radical (unpaired) electrons. The zero-order valence-electron chi connectivity index (χ0n) is 11.9. The molecule has 3 unspecified atom stereocenters. The van der Waals surface area contributed by atoms with E-state index in [1.165, 1.54) is 19.3 Å². The van der Waals surface area contributed by atoms with Gasteiger partial charge in [-0.05, 0) is 36.0 Å². The standard InChI is InChI=1S/C14H24N4/c1-13(2)10-5-6-14(13,3)12(7-10)15-8-11-9-18(4)17-16-11/h9-10,12,15H,5-8H2,1-4H3. The smallest absolute Gasteiger partial charge is 0.0964 e. The lowest BCUT2D eigenvalue weighted by Gasteiger charge is -2.39. The maximum atomic E-state index is 4.15. The third-order valence-electron chi connectivity index (χ3n) is 5.97. The molecule has 1 aromatic heterocycles. The zero-order valence-corrected chi connectivity index (χ0v) is 11.9. The molecule has 100 valence electrons. The van der Waals surface area contributed by atoms with Crippen molar-refractivity contribution in [2.45, 2.75) is 52.6 Å². The van der Waals surface area contributed by atoms with E-state index in [0.717, 1.165) is 18.2 Å². The summed E-state index contributed by atoms with van der Waals surface area (Å²) in [5, 5.41) is 11.9. The number of hydrogen-bond donors (Lipinski definition) is 1. The molecule has 2 fully saturated rings. The van der Waals surface area contributed by atoms with Crippen LogP contribution >= 0.6 is 0 Å². The van der Waals surface area contributed by atoms with Crippen LogP contribution in [-0.4, -0.2) is 21.0 Å². The van der Waals surface area contributed by atoms with Crippen LogP contribution in [0.15, 0.2) is 6.20 Å². The molecule has 18 heavy (non-hydrogen) atoms. The molecule has 2 saturated carbocycles. The number of aryl methyl sites for hydroxylation is 1. The molecule has 2 aliphatic carbocycles. The number of hydrogen-bond acceptors (Lipinski definition) is 3. The van der Waals surface area contributed by atoms with Gasteiger partial charge in [-0.3, -0.25) is 4.68 Å². The third kappa shape index (κ3) is 1.54. The Morgan fingerprint density at radius 2 is 2.22 bits per heavy atom. The molecule has 0 amide bonds. The van der Waals surface area contributed by atoms with Crippen LogP contribution < -0.4 is 5.32 Å². The van der Waals surface area contributed by atoms with Gasteiger partial charge in [-0.25, -0.2) is 0 Å². The summed E-state index contributed by atoms with van der Waals surface area (Å²) in [6.07, 6.45) is 6.09. The van der Waals surface area contributed by atoms with Gasteiger partial charge in [0.05, 0.1) is 5.69 Å². The summed E-state index contributed by atoms with van der Waals surface area (Å²) in [5.41, 5.74) is 1.97. The lowest BCUT2D eigenvalue weighted by atomic mass is 9.69. The minimum Gasteiger partial charge on any atom is -0.308 e. The summed E-state index contributed by atoms with van der Waals surface area (Å²) in [7, 11) is 1.92. The Morgan fingerprint density at radius 1 is 1.44 bits per heavy atom. The lowest BCUT2D eigenvalue weighted by Crippen LogP contribution is -2.44. The van der Waals surface area contributed by atoms with Crippen LogP contribution in [-0.2, 0) is 13.6 Å². The SMILES string of the molecule is Cn1cc(CNC2CC3CCC2(C)C3(C)C)nn1. The van der Waals surface area contributed by atoms with Crippen LogP contribution in [0.3, 0.4) is 0 Å². The molecule has 4 nitrogen and oxygen atoms in total. The summed E-state index contributed by atoms with van der Waals surface area (Å²) in [6, 6.07) is 0.633. The fraction of sp³-hybridized carbons (Fsp3) is 0.857. The lowest BCUT2D eigenvalue weighted by molar-refractivity contribution is 0.120. The third-order valence-corrected chi connectivity index (χ3v) is 5.97. The van der Waals surface area contributed by atoms with Gasteiger partial charge in [0.15, 0.2) is 0 Å². The topological polar surface area (TPSA) is 42.7 Å². The first-order chi connectivity index (χ1) is 8.43. The van der Waals surface area contributed by atoms with Crippen molar-refractivity contribution in [3.8, 4) is 0 Å². The van der Waals surface area contributed by atoms with E-state index < -0.39 is 0 Å². The number of aromatic nitrogens is 3. The number of rotatable bonds is 3. The molecule has 2 bridgehead atoms. The number of nitrogens with one attached hydrogen (secondary N) is 1. The normalized spacial score (nSPS) is 37.3. The average molecular weight is 248 g/mol. The molecule has 1 aromatic rings. The van der Waals surface area contributed by atoms with Crippen molar-refractivity contribution in [3.63, 3.8) is 0 Å². The highest BCUT2D eigenvalue weighted by Gasteiger charge is 2.60. The van der Waals surface area contributed by atoms with Crippen molar-refractivity contribution in [2.24, 2.45) is 23.8 Å². The van der Waals surface area contributed by atoms with E-state index in [1.54, 1.807) is 4.68 Å². The van der Waals surface area contributed by atoms with Crippen molar-refractivity contribution in [1.82, 2.24) is 20.3 Å². The van der Waals surface area contributed by atoms with Gasteiger partial charge in [0, 0.05) is 25.8 Å². The van der Waals surface area contributed by atoms with Gasteiger partial charge in [0.2, 0.25) is 0 Å². The first-order valence-corrected chi connectivity index (χ1v) is 7.02. The van der Waals surface area contributed by atoms with Crippen molar-refractivity contribution in [1.29, 1.82) is 0 Å². The fourth-order valence-corrected chi connectivity index (χ4v) is 4.22. The molecule has 3 rings (SSSR count). The van der Waals surface area contributed by atoms with Crippen LogP contribution in [0.1, 0.15) is 45.7 Å². The van der Waals surface area contributed by atoms with Gasteiger partial charge >= 0.3 is 0 Å². The van der Waals surface area contributed by atoms with E-state index in [9.17, 15) is 0 Å². The van der Waals surface area contributed by atoms with E-state index in [2.05, 4.69) is 36.4 Å². The molecular formula is C14H24N4. The van der Waals surface area contributed by atoms with E-state index >= 15 is 0 Å². The minimum absolute atomic E-state index is 0.444. The van der Waals surface area contributed by atoms with E-state index in [4.69, 9.17) is 0 Å². The molecule has 4 heteroatoms. The monoisotopic (exact) mass is 248 g/mol. The van der Waals surface area contributed by atoms with Gasteiger partial charge in [-0.2, -0.15) is 0 Å². The largest absolute Gasteiger partial charge is 0.308 e. The molecule has 2 aliphatic rings. The molecular weight excluding hydrogens is 224 g/mol. The quantitative estimate of drug-likeness (QED) is 0.891. The maximum absolute atomic E-state index is 4.15. The highest BCUT2D eigenvalue weighted by atomic mass is 15.4. The molecule has 3 atom stereocenters. The summed E-state index contributed by atoms with van der Waals surface area (Å²) >= 11 is 0. The Hall–Kier alpha value is -0.900. The Bertz CT molecular complexity index is 450. The van der Waals surface area contributed by atoms with Crippen molar-refractivity contribution in [3.05, 3.63) is 11.9 Å². The summed E-state index contributed by atoms with van der Waals surface area (Å²) in [6.45, 7) is 8.22. The van der Waals surface area contributed by atoms with Crippen LogP contribution in [0, 0.1) is 16.7 Å². The summed E-state index contributed by atoms with van der Waals surface area (Å²) < 4.78 is 1.77. The summed E-state index contributed by atoms with van der Waals surface area (Å²) in [5.74, 6) is 0.891. The van der Waals surface area contributed by atoms with Crippen LogP contribution in [0.4, 0.5) is 0 Å². The Labute approximate surface area is 109 Å². The fourth-order valence-electron chi connectivity index (χ4n) is 4.22. The Kier molecular flexibility index (Phi) is 2.56. The second-order valence-electron chi connectivity index (χ2n) is 6.93. The molecule has 0 aliphatic heterocycles. The predicted molar refractivity (Wildman–Crippen MR) is 70.9 cm³/mol. The van der Waals surface area contributed by atoms with Crippen LogP contribution in [0.2, 0.25) is 0 Å². The number of nitrogens with zero attached hydrogens (tertiary/aromatic N) is 3. The van der Waals surface area contributed by atoms with Gasteiger partial charge in [-0.1, -0.05) is 26.0 Å². The van der Waals surface area contributed by atoms with Crippen LogP contribution in [0.25, 0.3) is 0 Å². The van der Waals surface area contributed by atoms with E-state index in [0.29, 0.717) is 16.9 Å². The highest BCUT2D eigenvalue weighted by molar-refractivity contribution is 5.13. The van der Waals surface area contributed by atoms with Crippen LogP contribution in [0.5, 0.6) is 0 Å². The number of fused-ring (bicyclic) bond motifs is 2. The van der Waals surface area contributed by atoms with Crippen molar-refractivity contribution >= 4 is 0 Å². The van der Waals surface area contributed by atoms with E-state index in [1.807, 2.05) is 13.2 Å². The molecule has 0 spiro atoms. The Morgan fingerprint density at radius 3 is 2.72 bits per heavy atom. The second kappa shape index (κ2) is 3.80. The van der Waals surface area contributed by atoms with Gasteiger partial charge in [0.1, 0.15) is 0 Å². The first-order valence-electron chi connectivity index (χ1n) is 7.02. The van der Waals surface area contributed by atoms with Gasteiger partial charge < -0.3 is 5.32 Å². The maximum Gasteiger partial charge on any atom is 0.0964 e. The molecule has 0 saturated heterocycles. The van der Waals surface area contributed by atoms with E-state index in [-0.39, 0.29) is 0 Å². The highest BCUT2D eigenvalue weighted by Crippen LogP contribution is 2.65. The van der Waals surface area contributed by atoms with Crippen molar-refractivity contribution < 1.29 is 0 Å². The molecule has 1 N–H and O–H groups in total. The predicted octanol–water partition coefficient (Wildman–Crippen LogP) is 2.12. The minimum atomic E-state index is 0.444. The Balaban J connectivity index is 1.69. The summed E-state index contributed by atoms with van der Waals surface area (Å²) in [4.78, 5) is 0. The van der Waals surface area contributed by atoms with Gasteiger partial charge in [0.25, 0.3) is 0 Å². The molecule has 1 heterocycles. The molecule has 0 aromatic carbocycles. The average Bonchev–Trinajstić information content (AvgIpc) is 2.87.